The van der Waals surface area contributed by atoms with Crippen LogP contribution in [0.25, 0.3) is 27.6 Å². The van der Waals surface area contributed by atoms with Crippen molar-refractivity contribution in [3.8, 4) is 5.69 Å². The van der Waals surface area contributed by atoms with Gasteiger partial charge in [0.05, 0.1) is 23.2 Å². The average Bonchev–Trinajstić information content (AvgIpc) is 3.23. The van der Waals surface area contributed by atoms with Gasteiger partial charge >= 0.3 is 5.97 Å². The highest BCUT2D eigenvalue weighted by molar-refractivity contribution is 7.98. The van der Waals surface area contributed by atoms with Crippen LogP contribution < -0.4 is 5.56 Å². The van der Waals surface area contributed by atoms with Crippen molar-refractivity contribution >= 4 is 39.6 Å². The number of thioether (sulfide) groups is 1. The topological polar surface area (TPSA) is 74.3 Å². The van der Waals surface area contributed by atoms with E-state index in [1.54, 1.807) is 31.2 Å². The predicted molar refractivity (Wildman–Crippen MR) is 129 cm³/mol. The summed E-state index contributed by atoms with van der Waals surface area (Å²) in [5.41, 5.74) is 2.02. The van der Waals surface area contributed by atoms with E-state index in [1.165, 1.54) is 40.6 Å². The summed E-state index contributed by atoms with van der Waals surface area (Å²) in [6.45, 7) is 1.95. The minimum atomic E-state index is -0.545. The van der Waals surface area contributed by atoms with Crippen molar-refractivity contribution < 1.29 is 18.3 Å². The third kappa shape index (κ3) is 3.97. The van der Waals surface area contributed by atoms with Gasteiger partial charge < -0.3 is 9.15 Å². The molecule has 0 bridgehead atoms. The van der Waals surface area contributed by atoms with Gasteiger partial charge in [-0.15, -0.1) is 0 Å². The molecule has 0 atom stereocenters. The van der Waals surface area contributed by atoms with Crippen molar-refractivity contribution in [1.29, 1.82) is 0 Å². The van der Waals surface area contributed by atoms with Gasteiger partial charge in [0.15, 0.2) is 5.16 Å². The quantitative estimate of drug-likeness (QED) is 0.178. The van der Waals surface area contributed by atoms with E-state index in [2.05, 4.69) is 0 Å². The van der Waals surface area contributed by atoms with Crippen molar-refractivity contribution in [2.45, 2.75) is 17.8 Å². The van der Waals surface area contributed by atoms with Gasteiger partial charge in [-0.2, -0.15) is 0 Å². The fraction of sp³-hybridized carbons (Fsp3) is 0.115. The summed E-state index contributed by atoms with van der Waals surface area (Å²) in [4.78, 5) is 30.7. The lowest BCUT2D eigenvalue weighted by Gasteiger charge is -2.13. The number of halogens is 1. The van der Waals surface area contributed by atoms with Crippen LogP contribution in [0.15, 0.2) is 87.2 Å². The molecule has 0 aliphatic carbocycles. The predicted octanol–water partition coefficient (Wildman–Crippen LogP) is 5.74. The summed E-state index contributed by atoms with van der Waals surface area (Å²) in [5.74, 6) is -0.510. The van der Waals surface area contributed by atoms with Gasteiger partial charge in [-0.25, -0.2) is 14.2 Å². The number of fused-ring (bicyclic) bond motifs is 2. The SMILES string of the molecule is CCOC(=O)c1oc2ccccc2c1CSc1nc2ccccc2c(=O)n1-c1ccc(F)cc1. The molecule has 0 amide bonds. The zero-order chi connectivity index (χ0) is 23.7. The number of benzene rings is 3. The summed E-state index contributed by atoms with van der Waals surface area (Å²) < 4.78 is 26.0. The number of furan rings is 1. The fourth-order valence-corrected chi connectivity index (χ4v) is 4.81. The van der Waals surface area contributed by atoms with E-state index >= 15 is 0 Å². The Morgan fingerprint density at radius 2 is 1.74 bits per heavy atom. The zero-order valence-electron chi connectivity index (χ0n) is 18.2. The summed E-state index contributed by atoms with van der Waals surface area (Å²) in [5, 5.41) is 1.65. The maximum absolute atomic E-state index is 13.6. The number of carbonyl (C=O) groups excluding carboxylic acids is 1. The Morgan fingerprint density at radius 1 is 1.03 bits per heavy atom. The molecule has 0 unspecified atom stereocenters. The number of hydrogen-bond acceptors (Lipinski definition) is 6. The van der Waals surface area contributed by atoms with Crippen LogP contribution >= 0.6 is 11.8 Å². The normalized spacial score (nSPS) is 11.2. The Kier molecular flexibility index (Phi) is 5.90. The Hall–Kier alpha value is -3.91. The number of ether oxygens (including phenoxy) is 1. The molecule has 5 aromatic rings. The van der Waals surface area contributed by atoms with Crippen LogP contribution in [0, 0.1) is 5.82 Å². The Bertz CT molecular complexity index is 1570. The van der Waals surface area contributed by atoms with Gasteiger partial charge in [-0.05, 0) is 49.4 Å². The van der Waals surface area contributed by atoms with Crippen LogP contribution in [0.5, 0.6) is 0 Å². The van der Waals surface area contributed by atoms with Crippen LogP contribution in [0.3, 0.4) is 0 Å². The lowest BCUT2D eigenvalue weighted by molar-refractivity contribution is 0.0491. The van der Waals surface area contributed by atoms with Crippen LogP contribution in [0.2, 0.25) is 0 Å². The molecule has 6 nitrogen and oxygen atoms in total. The van der Waals surface area contributed by atoms with E-state index in [9.17, 15) is 14.0 Å². The van der Waals surface area contributed by atoms with Crippen molar-refractivity contribution in [3.63, 3.8) is 0 Å². The average molecular weight is 475 g/mol. The molecular formula is C26H19FN2O4S. The van der Waals surface area contributed by atoms with Crippen molar-refractivity contribution in [2.24, 2.45) is 0 Å². The first-order valence-corrected chi connectivity index (χ1v) is 11.6. The third-order valence-electron chi connectivity index (χ3n) is 5.33. The molecule has 3 aromatic carbocycles. The molecule has 8 heteroatoms. The van der Waals surface area contributed by atoms with Crippen molar-refractivity contribution in [3.05, 3.63) is 100 Å². The van der Waals surface area contributed by atoms with Crippen LogP contribution in [0.4, 0.5) is 4.39 Å². The minimum Gasteiger partial charge on any atom is -0.460 e. The van der Waals surface area contributed by atoms with Gasteiger partial charge in [0, 0.05) is 16.7 Å². The van der Waals surface area contributed by atoms with Gasteiger partial charge in [0.25, 0.3) is 5.56 Å². The molecule has 0 saturated heterocycles. The molecule has 0 spiro atoms. The number of carbonyl (C=O) groups is 1. The van der Waals surface area contributed by atoms with Crippen LogP contribution in [-0.2, 0) is 10.5 Å². The van der Waals surface area contributed by atoms with Crippen LogP contribution in [0.1, 0.15) is 23.0 Å². The lowest BCUT2D eigenvalue weighted by atomic mass is 10.1. The highest BCUT2D eigenvalue weighted by atomic mass is 32.2. The van der Waals surface area contributed by atoms with E-state index in [0.29, 0.717) is 38.6 Å². The van der Waals surface area contributed by atoms with Crippen LogP contribution in [-0.4, -0.2) is 22.1 Å². The fourth-order valence-electron chi connectivity index (χ4n) is 3.77. The van der Waals surface area contributed by atoms with E-state index in [1.807, 2.05) is 24.3 Å². The molecule has 0 aliphatic heterocycles. The number of esters is 1. The molecule has 0 fully saturated rings. The van der Waals surface area contributed by atoms with E-state index in [-0.39, 0.29) is 17.9 Å². The number of para-hydroxylation sites is 2. The zero-order valence-corrected chi connectivity index (χ0v) is 19.0. The Labute approximate surface area is 198 Å². The Morgan fingerprint density at radius 3 is 2.50 bits per heavy atom. The summed E-state index contributed by atoms with van der Waals surface area (Å²) in [7, 11) is 0. The monoisotopic (exact) mass is 474 g/mol. The standard InChI is InChI=1S/C26H19FN2O4S/c1-2-32-25(31)23-20(18-7-4-6-10-22(18)33-23)15-34-26-28-21-9-5-3-8-19(21)24(30)29(26)17-13-11-16(27)12-14-17/h3-14H,2,15H2,1H3. The molecule has 170 valence electrons. The maximum atomic E-state index is 13.6. The molecular weight excluding hydrogens is 455 g/mol. The third-order valence-corrected chi connectivity index (χ3v) is 6.30. The summed E-state index contributed by atoms with van der Waals surface area (Å²) in [6, 6.07) is 20.1. The van der Waals surface area contributed by atoms with E-state index in [0.717, 1.165) is 5.39 Å². The highest BCUT2D eigenvalue weighted by Gasteiger charge is 2.23. The molecule has 34 heavy (non-hydrogen) atoms. The highest BCUT2D eigenvalue weighted by Crippen LogP contribution is 2.33. The molecule has 0 saturated carbocycles. The van der Waals surface area contributed by atoms with Gasteiger partial charge in [0.1, 0.15) is 11.4 Å². The van der Waals surface area contributed by atoms with E-state index < -0.39 is 11.8 Å². The molecule has 0 N–H and O–H groups in total. The number of hydrogen-bond donors (Lipinski definition) is 0. The van der Waals surface area contributed by atoms with Crippen molar-refractivity contribution in [2.75, 3.05) is 6.61 Å². The molecule has 0 aliphatic rings. The van der Waals surface area contributed by atoms with E-state index in [4.69, 9.17) is 14.1 Å². The lowest BCUT2D eigenvalue weighted by Crippen LogP contribution is -2.21. The smallest absolute Gasteiger partial charge is 0.374 e. The molecule has 2 heterocycles. The second kappa shape index (κ2) is 9.15. The van der Waals surface area contributed by atoms with Gasteiger partial charge in [-0.3, -0.25) is 9.36 Å². The first kappa shape index (κ1) is 21.9. The Balaban J connectivity index is 1.63. The summed E-state index contributed by atoms with van der Waals surface area (Å²) >= 11 is 1.29. The number of nitrogens with zero attached hydrogens (tertiary/aromatic N) is 2. The van der Waals surface area contributed by atoms with Gasteiger partial charge in [-0.1, -0.05) is 42.1 Å². The first-order valence-electron chi connectivity index (χ1n) is 10.6. The van der Waals surface area contributed by atoms with Gasteiger partial charge in [0.2, 0.25) is 5.76 Å². The molecule has 5 rings (SSSR count). The first-order chi connectivity index (χ1) is 16.6. The second-order valence-electron chi connectivity index (χ2n) is 7.44. The second-order valence-corrected chi connectivity index (χ2v) is 8.39. The van der Waals surface area contributed by atoms with Crippen molar-refractivity contribution in [1.82, 2.24) is 9.55 Å². The number of aromatic nitrogens is 2. The molecule has 2 aromatic heterocycles. The number of rotatable bonds is 6. The molecule has 0 radical (unpaired) electrons. The summed E-state index contributed by atoms with van der Waals surface area (Å²) in [6.07, 6.45) is 0. The largest absolute Gasteiger partial charge is 0.460 e. The maximum Gasteiger partial charge on any atom is 0.374 e. The minimum absolute atomic E-state index is 0.131.